The first kappa shape index (κ1) is 9.92. The van der Waals surface area contributed by atoms with Gasteiger partial charge in [-0.15, -0.1) is 0 Å². The molecule has 1 heterocycles. The number of carbonyl (C=O) groups is 1. The number of aliphatic hydroxyl groups excluding tert-OH is 2. The quantitative estimate of drug-likeness (QED) is 0.680. The Labute approximate surface area is 76.6 Å². The molecule has 1 unspecified atom stereocenters. The molecule has 0 amide bonds. The Kier molecular flexibility index (Phi) is 3.19. The van der Waals surface area contributed by atoms with E-state index in [9.17, 15) is 9.90 Å². The Balaban J connectivity index is 2.83. The van der Waals surface area contributed by atoms with Crippen LogP contribution in [0.1, 0.15) is 19.8 Å². The third kappa shape index (κ3) is 1.95. The van der Waals surface area contributed by atoms with E-state index in [1.54, 1.807) is 0 Å². The van der Waals surface area contributed by atoms with E-state index < -0.39 is 0 Å². The van der Waals surface area contributed by atoms with Gasteiger partial charge in [0.15, 0.2) is 5.76 Å². The van der Waals surface area contributed by atoms with Crippen molar-refractivity contribution in [3.63, 3.8) is 0 Å². The minimum absolute atomic E-state index is 0.110. The van der Waals surface area contributed by atoms with Gasteiger partial charge in [-0.25, -0.2) is 0 Å². The molecule has 0 aromatic carbocycles. The first-order valence-corrected chi connectivity index (χ1v) is 4.32. The third-order valence-corrected chi connectivity index (χ3v) is 2.04. The highest BCUT2D eigenvalue weighted by molar-refractivity contribution is 6.06. The van der Waals surface area contributed by atoms with E-state index >= 15 is 0 Å². The molecule has 13 heavy (non-hydrogen) atoms. The van der Waals surface area contributed by atoms with Gasteiger partial charge in [-0.05, 0) is 6.42 Å². The molecule has 0 saturated carbocycles. The molecular weight excluding hydrogens is 170 g/mol. The standard InChI is InChI=1S/C9H13NO3/c1-2-6-5-10-7(3-4-11)9(13)8(6)12/h5-6,11,13H,2-4H2,1H3. The highest BCUT2D eigenvalue weighted by atomic mass is 16.3. The van der Waals surface area contributed by atoms with Gasteiger partial charge in [0.1, 0.15) is 0 Å². The molecule has 0 spiro atoms. The lowest BCUT2D eigenvalue weighted by Gasteiger charge is -2.14. The zero-order valence-corrected chi connectivity index (χ0v) is 7.53. The minimum atomic E-state index is -0.303. The molecule has 0 bridgehead atoms. The lowest BCUT2D eigenvalue weighted by molar-refractivity contribution is -0.120. The molecule has 72 valence electrons. The Morgan fingerprint density at radius 3 is 2.85 bits per heavy atom. The second-order valence-electron chi connectivity index (χ2n) is 2.93. The van der Waals surface area contributed by atoms with Crippen molar-refractivity contribution >= 4 is 12.0 Å². The van der Waals surface area contributed by atoms with Gasteiger partial charge in [0.25, 0.3) is 0 Å². The summed E-state index contributed by atoms with van der Waals surface area (Å²) in [6.45, 7) is 1.75. The fourth-order valence-corrected chi connectivity index (χ4v) is 1.21. The van der Waals surface area contributed by atoms with Gasteiger partial charge >= 0.3 is 0 Å². The SMILES string of the molecule is CCC1C=NC(CCO)=C(O)C1=O. The van der Waals surface area contributed by atoms with Crippen molar-refractivity contribution in [2.75, 3.05) is 6.61 Å². The minimum Gasteiger partial charge on any atom is -0.503 e. The molecule has 0 saturated heterocycles. The smallest absolute Gasteiger partial charge is 0.207 e. The van der Waals surface area contributed by atoms with Crippen LogP contribution < -0.4 is 0 Å². The molecular formula is C9H13NO3. The molecule has 0 aromatic heterocycles. The first-order valence-electron chi connectivity index (χ1n) is 4.32. The highest BCUT2D eigenvalue weighted by Crippen LogP contribution is 2.19. The van der Waals surface area contributed by atoms with Crippen molar-refractivity contribution in [1.29, 1.82) is 0 Å². The summed E-state index contributed by atoms with van der Waals surface area (Å²) in [4.78, 5) is 15.3. The lowest BCUT2D eigenvalue weighted by atomic mass is 9.97. The van der Waals surface area contributed by atoms with E-state index in [0.717, 1.165) is 0 Å². The zero-order valence-electron chi connectivity index (χ0n) is 7.53. The maximum atomic E-state index is 11.4. The van der Waals surface area contributed by atoms with Gasteiger partial charge in [-0.1, -0.05) is 6.92 Å². The van der Waals surface area contributed by atoms with E-state index in [2.05, 4.69) is 4.99 Å². The van der Waals surface area contributed by atoms with Crippen LogP contribution in [-0.2, 0) is 4.79 Å². The maximum Gasteiger partial charge on any atom is 0.207 e. The van der Waals surface area contributed by atoms with E-state index in [1.807, 2.05) is 6.92 Å². The largest absolute Gasteiger partial charge is 0.503 e. The normalized spacial score (nSPS) is 22.6. The molecule has 0 aliphatic carbocycles. The van der Waals surface area contributed by atoms with Gasteiger partial charge in [-0.2, -0.15) is 0 Å². The number of Topliss-reactive ketones (excluding diaryl/α,β-unsaturated/α-hetero) is 1. The Morgan fingerprint density at radius 1 is 1.62 bits per heavy atom. The summed E-state index contributed by atoms with van der Waals surface area (Å²) >= 11 is 0. The topological polar surface area (TPSA) is 69.9 Å². The predicted octanol–water partition coefficient (Wildman–Crippen LogP) is 0.818. The average molecular weight is 183 g/mol. The van der Waals surface area contributed by atoms with Crippen LogP contribution in [0.2, 0.25) is 0 Å². The first-order chi connectivity index (χ1) is 6.20. The summed E-state index contributed by atoms with van der Waals surface area (Å²) < 4.78 is 0. The summed E-state index contributed by atoms with van der Waals surface area (Å²) in [6.07, 6.45) is 2.40. The van der Waals surface area contributed by atoms with Crippen molar-refractivity contribution in [3.05, 3.63) is 11.5 Å². The molecule has 2 N–H and O–H groups in total. The second kappa shape index (κ2) is 4.18. The Morgan fingerprint density at radius 2 is 2.31 bits per heavy atom. The van der Waals surface area contributed by atoms with Crippen LogP contribution in [0.4, 0.5) is 0 Å². The number of aliphatic hydroxyl groups is 2. The summed E-state index contributed by atoms with van der Waals surface area (Å²) in [5, 5.41) is 18.0. The van der Waals surface area contributed by atoms with Crippen molar-refractivity contribution in [3.8, 4) is 0 Å². The second-order valence-corrected chi connectivity index (χ2v) is 2.93. The van der Waals surface area contributed by atoms with Gasteiger partial charge in [0.05, 0.1) is 11.6 Å². The van der Waals surface area contributed by atoms with E-state index in [1.165, 1.54) is 6.21 Å². The number of nitrogens with zero attached hydrogens (tertiary/aromatic N) is 1. The average Bonchev–Trinajstić information content (AvgIpc) is 2.14. The predicted molar refractivity (Wildman–Crippen MR) is 48.6 cm³/mol. The number of carbonyl (C=O) groups excluding carboxylic acids is 1. The summed E-state index contributed by atoms with van der Waals surface area (Å²) in [5.41, 5.74) is 0.289. The van der Waals surface area contributed by atoms with Crippen LogP contribution in [0.25, 0.3) is 0 Å². The van der Waals surface area contributed by atoms with Crippen LogP contribution in [0, 0.1) is 5.92 Å². The number of rotatable bonds is 3. The van der Waals surface area contributed by atoms with Gasteiger partial charge in [-0.3, -0.25) is 9.79 Å². The van der Waals surface area contributed by atoms with Crippen molar-refractivity contribution < 1.29 is 15.0 Å². The monoisotopic (exact) mass is 183 g/mol. The number of hydrogen-bond donors (Lipinski definition) is 2. The van der Waals surface area contributed by atoms with Gasteiger partial charge < -0.3 is 10.2 Å². The van der Waals surface area contributed by atoms with Crippen LogP contribution >= 0.6 is 0 Å². The summed E-state index contributed by atoms with van der Waals surface area (Å²) in [5.74, 6) is -0.883. The molecule has 1 atom stereocenters. The molecule has 4 nitrogen and oxygen atoms in total. The van der Waals surface area contributed by atoms with Crippen LogP contribution in [0.15, 0.2) is 16.4 Å². The zero-order chi connectivity index (χ0) is 9.84. The number of hydrogen-bond acceptors (Lipinski definition) is 4. The van der Waals surface area contributed by atoms with Crippen LogP contribution in [0.3, 0.4) is 0 Å². The van der Waals surface area contributed by atoms with Crippen LogP contribution in [-0.4, -0.2) is 28.8 Å². The van der Waals surface area contributed by atoms with Crippen molar-refractivity contribution in [1.82, 2.24) is 0 Å². The maximum absolute atomic E-state index is 11.4. The number of aliphatic imine (C=N–C) groups is 1. The third-order valence-electron chi connectivity index (χ3n) is 2.04. The summed E-state index contributed by atoms with van der Waals surface area (Å²) in [7, 11) is 0. The van der Waals surface area contributed by atoms with Crippen LogP contribution in [0.5, 0.6) is 0 Å². The molecule has 0 fully saturated rings. The number of ketones is 1. The highest BCUT2D eigenvalue weighted by Gasteiger charge is 2.24. The van der Waals surface area contributed by atoms with Gasteiger partial charge in [0, 0.05) is 19.2 Å². The Hall–Kier alpha value is -1.16. The molecule has 0 radical (unpaired) electrons. The van der Waals surface area contributed by atoms with E-state index in [-0.39, 0.29) is 36.2 Å². The van der Waals surface area contributed by atoms with Crippen molar-refractivity contribution in [2.45, 2.75) is 19.8 Å². The Bertz CT molecular complexity index is 268. The van der Waals surface area contributed by atoms with E-state index in [0.29, 0.717) is 6.42 Å². The lowest BCUT2D eigenvalue weighted by Crippen LogP contribution is -2.22. The van der Waals surface area contributed by atoms with Crippen molar-refractivity contribution in [2.24, 2.45) is 10.9 Å². The fourth-order valence-electron chi connectivity index (χ4n) is 1.21. The fraction of sp³-hybridized carbons (Fsp3) is 0.556. The molecule has 1 aliphatic rings. The molecule has 1 rings (SSSR count). The molecule has 4 heteroatoms. The van der Waals surface area contributed by atoms with E-state index in [4.69, 9.17) is 5.11 Å². The molecule has 0 aromatic rings. The van der Waals surface area contributed by atoms with Gasteiger partial charge in [0.2, 0.25) is 5.78 Å². The number of allylic oxidation sites excluding steroid dienone is 1. The molecule has 1 aliphatic heterocycles. The summed E-state index contributed by atoms with van der Waals surface area (Å²) in [6, 6.07) is 0.